The van der Waals surface area contributed by atoms with Crippen molar-refractivity contribution >= 4 is 34.8 Å². The third-order valence-corrected chi connectivity index (χ3v) is 5.46. The van der Waals surface area contributed by atoms with E-state index >= 15 is 0 Å². The van der Waals surface area contributed by atoms with Crippen LogP contribution in [0.1, 0.15) is 55.5 Å². The fraction of sp³-hybridized carbons (Fsp3) is 0.733. The number of aromatic nitrogens is 1. The van der Waals surface area contributed by atoms with Crippen LogP contribution >= 0.6 is 23.7 Å². The summed E-state index contributed by atoms with van der Waals surface area (Å²) in [7, 11) is 0. The molecule has 0 aliphatic heterocycles. The van der Waals surface area contributed by atoms with Gasteiger partial charge in [-0.05, 0) is 38.0 Å². The molecule has 2 aliphatic carbocycles. The first-order valence-corrected chi connectivity index (χ1v) is 8.56. The smallest absolute Gasteiger partial charge is 0.226 e. The summed E-state index contributed by atoms with van der Waals surface area (Å²) in [5.41, 5.74) is 7.12. The summed E-state index contributed by atoms with van der Waals surface area (Å²) in [5.74, 6) is 0.707. The van der Waals surface area contributed by atoms with Gasteiger partial charge in [-0.15, -0.1) is 23.7 Å². The molecule has 1 saturated carbocycles. The van der Waals surface area contributed by atoms with E-state index in [2.05, 4.69) is 10.3 Å². The second-order valence-corrected chi connectivity index (χ2v) is 7.23. The van der Waals surface area contributed by atoms with Crippen molar-refractivity contribution in [2.24, 2.45) is 11.7 Å². The molecule has 0 aromatic carbocycles. The van der Waals surface area contributed by atoms with E-state index in [9.17, 15) is 4.79 Å². The lowest BCUT2D eigenvalue weighted by Crippen LogP contribution is -2.27. The number of nitrogens with two attached hydrogens (primary N) is 1. The maximum atomic E-state index is 12.1. The largest absolute Gasteiger partial charge is 0.327 e. The van der Waals surface area contributed by atoms with Crippen molar-refractivity contribution in [2.75, 3.05) is 5.32 Å². The highest BCUT2D eigenvalue weighted by Crippen LogP contribution is 2.30. The van der Waals surface area contributed by atoms with Gasteiger partial charge in [0.2, 0.25) is 5.91 Å². The Kier molecular flexibility index (Phi) is 6.02. The number of rotatable bonds is 3. The first-order valence-electron chi connectivity index (χ1n) is 7.74. The Balaban J connectivity index is 0.00000161. The Bertz CT molecular complexity index is 485. The van der Waals surface area contributed by atoms with Crippen molar-refractivity contribution in [2.45, 2.75) is 63.8 Å². The number of hydrogen-bond acceptors (Lipinski definition) is 4. The van der Waals surface area contributed by atoms with Crippen LogP contribution in [0.15, 0.2) is 0 Å². The molecule has 118 valence electrons. The number of carbonyl (C=O) groups excluding carboxylic acids is 1. The number of thiazole rings is 1. The average Bonchev–Trinajstić information content (AvgIpc) is 2.80. The Morgan fingerprint density at radius 2 is 2.05 bits per heavy atom. The van der Waals surface area contributed by atoms with Crippen LogP contribution in [-0.4, -0.2) is 16.9 Å². The number of carbonyl (C=O) groups is 1. The third-order valence-electron chi connectivity index (χ3n) is 4.42. The molecular weight excluding hydrogens is 306 g/mol. The third kappa shape index (κ3) is 4.41. The molecule has 3 rings (SSSR count). The zero-order valence-electron chi connectivity index (χ0n) is 12.3. The number of anilines is 1. The van der Waals surface area contributed by atoms with E-state index in [0.717, 1.165) is 30.1 Å². The van der Waals surface area contributed by atoms with Crippen molar-refractivity contribution < 1.29 is 4.79 Å². The molecular formula is C15H24ClN3OS. The quantitative estimate of drug-likeness (QED) is 0.894. The number of aryl methyl sites for hydroxylation is 1. The first-order chi connectivity index (χ1) is 9.70. The lowest BCUT2D eigenvalue weighted by atomic mass is 9.87. The predicted molar refractivity (Wildman–Crippen MR) is 89.2 cm³/mol. The molecule has 0 bridgehead atoms. The highest BCUT2D eigenvalue weighted by molar-refractivity contribution is 7.15. The molecule has 0 radical (unpaired) electrons. The molecule has 21 heavy (non-hydrogen) atoms. The SMILES string of the molecule is Cl.N[C@H]1CCc2nc(NC(=O)CC3CCCCC3)sc2C1. The molecule has 0 unspecified atom stereocenters. The van der Waals surface area contributed by atoms with E-state index in [-0.39, 0.29) is 24.4 Å². The van der Waals surface area contributed by atoms with E-state index < -0.39 is 0 Å². The van der Waals surface area contributed by atoms with Gasteiger partial charge in [0.05, 0.1) is 5.69 Å². The molecule has 3 N–H and O–H groups in total. The molecule has 1 fully saturated rings. The van der Waals surface area contributed by atoms with E-state index in [4.69, 9.17) is 5.73 Å². The van der Waals surface area contributed by atoms with Crippen molar-refractivity contribution in [3.63, 3.8) is 0 Å². The van der Waals surface area contributed by atoms with Crippen LogP contribution in [-0.2, 0) is 17.6 Å². The fourth-order valence-electron chi connectivity index (χ4n) is 3.28. The zero-order chi connectivity index (χ0) is 13.9. The van der Waals surface area contributed by atoms with Crippen LogP contribution in [0.25, 0.3) is 0 Å². The molecule has 1 aromatic rings. The maximum absolute atomic E-state index is 12.1. The van der Waals surface area contributed by atoms with Gasteiger partial charge in [-0.25, -0.2) is 4.98 Å². The second kappa shape index (κ2) is 7.56. The van der Waals surface area contributed by atoms with Crippen molar-refractivity contribution in [1.29, 1.82) is 0 Å². The van der Waals surface area contributed by atoms with Gasteiger partial charge in [-0.1, -0.05) is 19.3 Å². The summed E-state index contributed by atoms with van der Waals surface area (Å²) in [5, 5.41) is 3.76. The zero-order valence-corrected chi connectivity index (χ0v) is 13.9. The number of halogens is 1. The van der Waals surface area contributed by atoms with E-state index in [1.807, 2.05) is 0 Å². The Hall–Kier alpha value is -0.650. The summed E-state index contributed by atoms with van der Waals surface area (Å²) < 4.78 is 0. The summed E-state index contributed by atoms with van der Waals surface area (Å²) in [6.45, 7) is 0. The molecule has 4 nitrogen and oxygen atoms in total. The highest BCUT2D eigenvalue weighted by Gasteiger charge is 2.22. The highest BCUT2D eigenvalue weighted by atomic mass is 35.5. The molecule has 0 spiro atoms. The van der Waals surface area contributed by atoms with Gasteiger partial charge in [0.25, 0.3) is 0 Å². The molecule has 6 heteroatoms. The molecule has 0 saturated heterocycles. The minimum atomic E-state index is 0. The maximum Gasteiger partial charge on any atom is 0.226 e. The van der Waals surface area contributed by atoms with Gasteiger partial charge in [-0.3, -0.25) is 4.79 Å². The number of hydrogen-bond donors (Lipinski definition) is 2. The van der Waals surface area contributed by atoms with Crippen molar-refractivity contribution in [3.8, 4) is 0 Å². The number of nitrogens with one attached hydrogen (secondary N) is 1. The summed E-state index contributed by atoms with van der Waals surface area (Å²) in [4.78, 5) is 17.9. The van der Waals surface area contributed by atoms with Gasteiger partial charge in [0.1, 0.15) is 0 Å². The van der Waals surface area contributed by atoms with Gasteiger partial charge < -0.3 is 11.1 Å². The summed E-state index contributed by atoms with van der Waals surface area (Å²) in [6, 6.07) is 0.258. The molecule has 2 aliphatic rings. The van der Waals surface area contributed by atoms with E-state index in [1.54, 1.807) is 11.3 Å². The van der Waals surface area contributed by atoms with Crippen molar-refractivity contribution in [3.05, 3.63) is 10.6 Å². The normalized spacial score (nSPS) is 22.2. The minimum Gasteiger partial charge on any atom is -0.327 e. The van der Waals surface area contributed by atoms with Gasteiger partial charge in [0.15, 0.2) is 5.13 Å². The lowest BCUT2D eigenvalue weighted by Gasteiger charge is -2.20. The lowest BCUT2D eigenvalue weighted by molar-refractivity contribution is -0.117. The van der Waals surface area contributed by atoms with Crippen LogP contribution in [0.3, 0.4) is 0 Å². The number of fused-ring (bicyclic) bond motifs is 1. The fourth-order valence-corrected chi connectivity index (χ4v) is 4.39. The van der Waals surface area contributed by atoms with Gasteiger partial charge >= 0.3 is 0 Å². The monoisotopic (exact) mass is 329 g/mol. The van der Waals surface area contributed by atoms with Crippen LogP contribution in [0, 0.1) is 5.92 Å². The topological polar surface area (TPSA) is 68.0 Å². The van der Waals surface area contributed by atoms with Crippen molar-refractivity contribution in [1.82, 2.24) is 4.98 Å². The van der Waals surface area contributed by atoms with E-state index in [0.29, 0.717) is 12.3 Å². The summed E-state index contributed by atoms with van der Waals surface area (Å²) in [6.07, 6.45) is 9.82. The number of nitrogens with zero attached hydrogens (tertiary/aromatic N) is 1. The van der Waals surface area contributed by atoms with Crippen LogP contribution < -0.4 is 11.1 Å². The average molecular weight is 330 g/mol. The van der Waals surface area contributed by atoms with Crippen LogP contribution in [0.5, 0.6) is 0 Å². The molecule has 1 atom stereocenters. The molecule has 1 aromatic heterocycles. The minimum absolute atomic E-state index is 0. The Morgan fingerprint density at radius 3 is 2.81 bits per heavy atom. The molecule has 1 amide bonds. The van der Waals surface area contributed by atoms with Gasteiger partial charge in [0, 0.05) is 17.3 Å². The number of amides is 1. The summed E-state index contributed by atoms with van der Waals surface area (Å²) >= 11 is 1.61. The second-order valence-electron chi connectivity index (χ2n) is 6.15. The van der Waals surface area contributed by atoms with Crippen LogP contribution in [0.4, 0.5) is 5.13 Å². The van der Waals surface area contributed by atoms with E-state index in [1.165, 1.54) is 37.0 Å². The van der Waals surface area contributed by atoms with Crippen LogP contribution in [0.2, 0.25) is 0 Å². The van der Waals surface area contributed by atoms with Gasteiger partial charge in [-0.2, -0.15) is 0 Å². The molecule has 1 heterocycles. The first kappa shape index (κ1) is 16.7. The Morgan fingerprint density at radius 1 is 1.29 bits per heavy atom. The Labute approximate surface area is 136 Å². The standard InChI is InChI=1S/C15H23N3OS.ClH/c16-11-6-7-12-13(9-11)20-15(17-12)18-14(19)8-10-4-2-1-3-5-10;/h10-11H,1-9,16H2,(H,17,18,19);1H/t11-;/m0./s1. The predicted octanol–water partition coefficient (Wildman–Crippen LogP) is 3.29.